The molecule has 0 spiro atoms. The number of fused-ring (bicyclic) bond motifs is 2. The largest absolute Gasteiger partial charge is 0.310 e. The van der Waals surface area contributed by atoms with Crippen LogP contribution < -0.4 is 9.80 Å². The average Bonchev–Trinajstić information content (AvgIpc) is 3.23. The van der Waals surface area contributed by atoms with Gasteiger partial charge in [-0.2, -0.15) is 0 Å². The lowest BCUT2D eigenvalue weighted by atomic mass is 9.73. The van der Waals surface area contributed by atoms with E-state index in [1.807, 2.05) is 18.3 Å². The van der Waals surface area contributed by atoms with Gasteiger partial charge < -0.3 is 9.80 Å². The first-order chi connectivity index (χ1) is 26.1. The van der Waals surface area contributed by atoms with E-state index in [2.05, 4.69) is 211 Å². The van der Waals surface area contributed by atoms with Crippen LogP contribution >= 0.6 is 0 Å². The van der Waals surface area contributed by atoms with E-state index in [4.69, 9.17) is 0 Å². The molecule has 254 valence electrons. The molecule has 1 aliphatic rings. The molecular weight excluding hydrogens is 643 g/mol. The van der Waals surface area contributed by atoms with E-state index in [0.717, 1.165) is 45.1 Å². The quantitative estimate of drug-likeness (QED) is 0.167. The van der Waals surface area contributed by atoms with Crippen molar-refractivity contribution in [1.29, 1.82) is 0 Å². The Hall–Kier alpha value is -6.71. The molecular formula is C50H39N3. The van der Waals surface area contributed by atoms with Gasteiger partial charge >= 0.3 is 0 Å². The molecule has 53 heavy (non-hydrogen) atoms. The van der Waals surface area contributed by atoms with E-state index in [1.54, 1.807) is 0 Å². The Balaban J connectivity index is 1.20. The van der Waals surface area contributed by atoms with E-state index < -0.39 is 0 Å². The summed E-state index contributed by atoms with van der Waals surface area (Å²) >= 11 is 0. The number of hydrogen-bond acceptors (Lipinski definition) is 3. The zero-order valence-electron chi connectivity index (χ0n) is 29.9. The second kappa shape index (κ2) is 13.4. The molecule has 7 aromatic carbocycles. The van der Waals surface area contributed by atoms with Crippen LogP contribution in [0.15, 0.2) is 200 Å². The monoisotopic (exact) mass is 681 g/mol. The SMILES string of the molecule is CC1(C)c2ccccc2N(c2ccccc2)c2cc(-c3ccccc3N(c3ccc(-c4ccccc4)cc3)c3ccc(-c4ccccn4)cc3)ccc21. The molecule has 0 saturated heterocycles. The van der Waals surface area contributed by atoms with E-state index in [9.17, 15) is 0 Å². The van der Waals surface area contributed by atoms with Crippen LogP contribution in [0.3, 0.4) is 0 Å². The second-order valence-electron chi connectivity index (χ2n) is 14.1. The molecule has 0 radical (unpaired) electrons. The highest BCUT2D eigenvalue weighted by atomic mass is 15.2. The van der Waals surface area contributed by atoms with Crippen molar-refractivity contribution in [2.24, 2.45) is 0 Å². The smallest absolute Gasteiger partial charge is 0.0701 e. The normalized spacial score (nSPS) is 12.8. The van der Waals surface area contributed by atoms with E-state index in [-0.39, 0.29) is 5.41 Å². The first kappa shape index (κ1) is 32.2. The Bertz CT molecular complexity index is 2420. The van der Waals surface area contributed by atoms with Crippen molar-refractivity contribution in [1.82, 2.24) is 4.98 Å². The van der Waals surface area contributed by atoms with Gasteiger partial charge in [0.2, 0.25) is 0 Å². The predicted octanol–water partition coefficient (Wildman–Crippen LogP) is 13.7. The summed E-state index contributed by atoms with van der Waals surface area (Å²) in [6.45, 7) is 4.69. The van der Waals surface area contributed by atoms with Crippen LogP contribution in [0.25, 0.3) is 33.5 Å². The molecule has 0 unspecified atom stereocenters. The topological polar surface area (TPSA) is 19.4 Å². The van der Waals surface area contributed by atoms with Gasteiger partial charge in [-0.1, -0.05) is 141 Å². The van der Waals surface area contributed by atoms with E-state index >= 15 is 0 Å². The summed E-state index contributed by atoms with van der Waals surface area (Å²) in [6, 6.07) is 69.6. The molecule has 0 bridgehead atoms. The fraction of sp³-hybridized carbons (Fsp3) is 0.0600. The minimum absolute atomic E-state index is 0.169. The van der Waals surface area contributed by atoms with E-state index in [1.165, 1.54) is 33.6 Å². The zero-order chi connectivity index (χ0) is 35.8. The third-order valence-corrected chi connectivity index (χ3v) is 10.5. The summed E-state index contributed by atoms with van der Waals surface area (Å²) in [5.74, 6) is 0. The molecule has 0 saturated carbocycles. The van der Waals surface area contributed by atoms with Crippen LogP contribution in [0, 0.1) is 0 Å². The summed E-state index contributed by atoms with van der Waals surface area (Å²) in [6.07, 6.45) is 1.84. The Morgan fingerprint density at radius 2 is 1.02 bits per heavy atom. The first-order valence-electron chi connectivity index (χ1n) is 18.2. The van der Waals surface area contributed by atoms with Crippen LogP contribution in [0.4, 0.5) is 34.1 Å². The van der Waals surface area contributed by atoms with Gasteiger partial charge in [0.15, 0.2) is 0 Å². The Morgan fingerprint density at radius 3 is 1.74 bits per heavy atom. The van der Waals surface area contributed by atoms with Crippen LogP contribution in [-0.4, -0.2) is 4.98 Å². The third-order valence-electron chi connectivity index (χ3n) is 10.5. The van der Waals surface area contributed by atoms with Gasteiger partial charge in [-0.25, -0.2) is 0 Å². The van der Waals surface area contributed by atoms with Gasteiger partial charge in [-0.3, -0.25) is 4.98 Å². The van der Waals surface area contributed by atoms with Crippen LogP contribution in [0.2, 0.25) is 0 Å². The lowest BCUT2D eigenvalue weighted by molar-refractivity contribution is 0.632. The Kier molecular flexibility index (Phi) is 8.17. The minimum atomic E-state index is -0.169. The maximum absolute atomic E-state index is 4.60. The summed E-state index contributed by atoms with van der Waals surface area (Å²) in [4.78, 5) is 9.41. The van der Waals surface area contributed by atoms with Crippen molar-refractivity contribution < 1.29 is 0 Å². The van der Waals surface area contributed by atoms with Gasteiger partial charge in [0.1, 0.15) is 0 Å². The highest BCUT2D eigenvalue weighted by molar-refractivity contribution is 5.93. The lowest BCUT2D eigenvalue weighted by Crippen LogP contribution is -2.30. The summed E-state index contributed by atoms with van der Waals surface area (Å²) < 4.78 is 0. The molecule has 0 amide bonds. The molecule has 3 nitrogen and oxygen atoms in total. The summed E-state index contributed by atoms with van der Waals surface area (Å²) in [5.41, 5.74) is 16.0. The van der Waals surface area contributed by atoms with Crippen LogP contribution in [-0.2, 0) is 5.41 Å². The number of rotatable bonds is 7. The number of hydrogen-bond donors (Lipinski definition) is 0. The summed E-state index contributed by atoms with van der Waals surface area (Å²) in [5, 5.41) is 0. The van der Waals surface area contributed by atoms with Crippen molar-refractivity contribution in [3.63, 3.8) is 0 Å². The number of nitrogens with zero attached hydrogens (tertiary/aromatic N) is 3. The molecule has 0 fully saturated rings. The molecule has 1 aliphatic heterocycles. The third kappa shape index (κ3) is 5.87. The fourth-order valence-electron chi connectivity index (χ4n) is 7.83. The highest BCUT2D eigenvalue weighted by Gasteiger charge is 2.37. The molecule has 3 heteroatoms. The maximum Gasteiger partial charge on any atom is 0.0701 e. The standard InChI is InChI=1S/C50H39N3/c1-50(2)44-20-10-12-23-48(44)53(40-17-7-4-8-18-40)49-35-39(28-33-45(49)50)43-19-9-11-22-47(43)52(41-29-24-37(25-30-41)36-15-5-3-6-16-36)42-31-26-38(27-32-42)46-21-13-14-34-51-46/h3-35H,1-2H3. The predicted molar refractivity (Wildman–Crippen MR) is 222 cm³/mol. The van der Waals surface area contributed by atoms with Gasteiger partial charge in [0.25, 0.3) is 0 Å². The molecule has 0 N–H and O–H groups in total. The molecule has 1 aromatic heterocycles. The van der Waals surface area contributed by atoms with E-state index in [0.29, 0.717) is 0 Å². The van der Waals surface area contributed by atoms with Gasteiger partial charge in [0, 0.05) is 39.8 Å². The van der Waals surface area contributed by atoms with Crippen molar-refractivity contribution in [2.75, 3.05) is 9.80 Å². The molecule has 8 aromatic rings. The zero-order valence-corrected chi connectivity index (χ0v) is 29.9. The van der Waals surface area contributed by atoms with Crippen molar-refractivity contribution >= 4 is 34.1 Å². The number of pyridine rings is 1. The molecule has 0 atom stereocenters. The first-order valence-corrected chi connectivity index (χ1v) is 18.2. The van der Waals surface area contributed by atoms with Gasteiger partial charge in [-0.15, -0.1) is 0 Å². The second-order valence-corrected chi connectivity index (χ2v) is 14.1. The highest BCUT2D eigenvalue weighted by Crippen LogP contribution is 2.53. The minimum Gasteiger partial charge on any atom is -0.310 e. The molecule has 2 heterocycles. The summed E-state index contributed by atoms with van der Waals surface area (Å²) in [7, 11) is 0. The molecule has 9 rings (SSSR count). The van der Waals surface area contributed by atoms with Crippen molar-refractivity contribution in [2.45, 2.75) is 19.3 Å². The lowest BCUT2D eigenvalue weighted by Gasteiger charge is -2.42. The maximum atomic E-state index is 4.60. The number of para-hydroxylation sites is 3. The molecule has 0 aliphatic carbocycles. The van der Waals surface area contributed by atoms with Crippen LogP contribution in [0.5, 0.6) is 0 Å². The number of benzene rings is 7. The van der Waals surface area contributed by atoms with Gasteiger partial charge in [0.05, 0.1) is 22.8 Å². The fourth-order valence-corrected chi connectivity index (χ4v) is 7.83. The van der Waals surface area contributed by atoms with Crippen molar-refractivity contribution in [3.05, 3.63) is 211 Å². The van der Waals surface area contributed by atoms with Gasteiger partial charge in [-0.05, 0) is 94.5 Å². The Morgan fingerprint density at radius 1 is 0.453 bits per heavy atom. The Labute approximate surface area is 312 Å². The van der Waals surface area contributed by atoms with Crippen LogP contribution in [0.1, 0.15) is 25.0 Å². The van der Waals surface area contributed by atoms with Crippen molar-refractivity contribution in [3.8, 4) is 33.5 Å². The number of aromatic nitrogens is 1. The number of anilines is 6. The average molecular weight is 682 g/mol.